The van der Waals surface area contributed by atoms with Crippen LogP contribution in [0.5, 0.6) is 0 Å². The second-order valence-electron chi connectivity index (χ2n) is 14.6. The largest absolute Gasteiger partial charge is 0.510 e. The Balaban J connectivity index is 0.000000317. The molecule has 0 fully saturated rings. The van der Waals surface area contributed by atoms with Crippen molar-refractivity contribution >= 4 is 60.6 Å². The molecule has 0 heterocycles. The van der Waals surface area contributed by atoms with E-state index in [2.05, 4.69) is 124 Å². The second-order valence-corrected chi connectivity index (χ2v) is 14.6. The van der Waals surface area contributed by atoms with Crippen molar-refractivity contribution in [2.75, 3.05) is 0 Å². The topological polar surface area (TPSA) is 109 Å². The van der Waals surface area contributed by atoms with Crippen LogP contribution in [-0.2, 0) is 58.1 Å². The number of carbonyl (C=O) groups excluding carboxylic acids is 4. The van der Waals surface area contributed by atoms with Crippen molar-refractivity contribution in [3.63, 3.8) is 0 Å². The number of aliphatic hydroxyl groups is 2. The van der Waals surface area contributed by atoms with Crippen LogP contribution in [0.1, 0.15) is 44.5 Å². The van der Waals surface area contributed by atoms with E-state index in [0.29, 0.717) is 11.5 Å². The Morgan fingerprint density at radius 1 is 0.200 bits per heavy atom. The minimum atomic E-state index is 0. The molecule has 2 aliphatic rings. The number of aliphatic hydroxyl groups excluding tert-OH is 2. The summed E-state index contributed by atoms with van der Waals surface area (Å²) in [7, 11) is 0. The fourth-order valence-corrected chi connectivity index (χ4v) is 8.34. The normalized spacial score (nSPS) is 12.6. The fourth-order valence-electron chi connectivity index (χ4n) is 8.34. The van der Waals surface area contributed by atoms with Crippen molar-refractivity contribution in [3.05, 3.63) is 311 Å². The summed E-state index contributed by atoms with van der Waals surface area (Å²) in [6.45, 7) is 13.0. The zero-order chi connectivity index (χ0) is 48.7. The van der Waals surface area contributed by atoms with Crippen LogP contribution in [-0.4, -0.2) is 37.4 Å². The molecular weight excluding hydrogens is 1040 g/mol. The molecule has 2 aliphatic carbocycles. The SMILES string of the molecule is OC1=C(c2ccccc2)C(c2ccccc2)=C(c2ccccc2)[C]1c1ccccc1.OC1=C(c2ccccc2)C(c2ccccc2)=C(c2ccccc2)[C]1c1ccccc1.[CH]=O.[CH]=O.[CH]=O.[CH]=O.[Ru].[Ru]. The minimum Gasteiger partial charge on any atom is -0.510 e. The van der Waals surface area contributed by atoms with Gasteiger partial charge in [-0.25, -0.2) is 0 Å². The summed E-state index contributed by atoms with van der Waals surface area (Å²) in [5.41, 5.74) is 14.4. The number of allylic oxidation sites excluding steroid dienone is 6. The van der Waals surface area contributed by atoms with Crippen molar-refractivity contribution in [2.45, 2.75) is 0 Å². The Bertz CT molecular complexity index is 2700. The van der Waals surface area contributed by atoms with Crippen LogP contribution in [0, 0.1) is 11.8 Å². The van der Waals surface area contributed by atoms with Crippen LogP contribution in [0.4, 0.5) is 0 Å². The Morgan fingerprint density at radius 2 is 0.343 bits per heavy atom. The first-order valence-electron chi connectivity index (χ1n) is 21.2. The van der Waals surface area contributed by atoms with E-state index < -0.39 is 0 Å². The summed E-state index contributed by atoms with van der Waals surface area (Å²) in [4.78, 5) is 31.0. The third-order valence-electron chi connectivity index (χ3n) is 10.9. The molecule has 0 amide bonds. The van der Waals surface area contributed by atoms with Gasteiger partial charge in [0.05, 0.1) is 0 Å². The first-order chi connectivity index (χ1) is 33.7. The third kappa shape index (κ3) is 12.9. The van der Waals surface area contributed by atoms with Gasteiger partial charge < -0.3 is 10.2 Å². The molecule has 8 aromatic carbocycles. The van der Waals surface area contributed by atoms with Crippen LogP contribution >= 0.6 is 0 Å². The molecule has 0 atom stereocenters. The van der Waals surface area contributed by atoms with E-state index in [4.69, 9.17) is 19.2 Å². The molecule has 0 aromatic heterocycles. The van der Waals surface area contributed by atoms with E-state index >= 15 is 0 Å². The number of rotatable bonds is 8. The van der Waals surface area contributed by atoms with Gasteiger partial charge in [-0.2, -0.15) is 0 Å². The first-order valence-corrected chi connectivity index (χ1v) is 21.2. The van der Waals surface area contributed by atoms with Crippen LogP contribution < -0.4 is 0 Å². The minimum absolute atomic E-state index is 0. The van der Waals surface area contributed by atoms with Gasteiger partial charge in [-0.15, -0.1) is 0 Å². The molecule has 0 unspecified atom stereocenters. The molecule has 70 heavy (non-hydrogen) atoms. The van der Waals surface area contributed by atoms with Gasteiger partial charge >= 0.3 is 0 Å². The quantitative estimate of drug-likeness (QED) is 0.116. The zero-order valence-corrected chi connectivity index (χ0v) is 41.1. The van der Waals surface area contributed by atoms with Crippen molar-refractivity contribution < 1.29 is 68.3 Å². The Labute approximate surface area is 436 Å². The predicted octanol–water partition coefficient (Wildman–Crippen LogP) is 13.3. The molecule has 346 valence electrons. The molecule has 0 spiro atoms. The molecule has 0 saturated carbocycles. The Morgan fingerprint density at radius 3 is 0.529 bits per heavy atom. The number of benzene rings is 8. The summed E-state index contributed by atoms with van der Waals surface area (Å²) in [6, 6.07) is 82.0. The average molecular weight is 1090 g/mol. The molecular formula is C62H46O6Ru2. The van der Waals surface area contributed by atoms with Crippen molar-refractivity contribution in [1.82, 2.24) is 0 Å². The van der Waals surface area contributed by atoms with Gasteiger partial charge in [0.25, 0.3) is 0 Å². The van der Waals surface area contributed by atoms with E-state index in [0.717, 1.165) is 89.8 Å². The summed E-state index contributed by atoms with van der Waals surface area (Å²) >= 11 is 0. The monoisotopic (exact) mass is 1090 g/mol. The first kappa shape index (κ1) is 56.6. The standard InChI is InChI=1S/2C29H21O.4CHO.2Ru/c2*30-29-27(23-17-9-3-10-18-23)25(21-13-5-1-6-14-21)26(22-15-7-2-8-16-22)28(29)24-19-11-4-12-20-24;4*1-2;;/h2*1-20,30H;4*1H;;. The Kier molecular flexibility index (Phi) is 24.2. The Hall–Kier alpha value is -7.75. The van der Waals surface area contributed by atoms with E-state index in [9.17, 15) is 10.2 Å². The van der Waals surface area contributed by atoms with E-state index in [1.165, 1.54) is 0 Å². The third-order valence-corrected chi connectivity index (χ3v) is 10.9. The van der Waals surface area contributed by atoms with Gasteiger partial charge in [0, 0.05) is 50.1 Å². The van der Waals surface area contributed by atoms with Crippen LogP contribution in [0.25, 0.3) is 33.4 Å². The second kappa shape index (κ2) is 29.9. The van der Waals surface area contributed by atoms with Crippen molar-refractivity contribution in [1.29, 1.82) is 0 Å². The maximum absolute atomic E-state index is 11.6. The molecule has 0 bridgehead atoms. The van der Waals surface area contributed by atoms with Gasteiger partial charge in [-0.3, -0.25) is 19.2 Å². The number of hydrogen-bond donors (Lipinski definition) is 2. The summed E-state index contributed by atoms with van der Waals surface area (Å²) in [5, 5.41) is 23.2. The van der Waals surface area contributed by atoms with Crippen LogP contribution in [0.15, 0.2) is 254 Å². The predicted molar refractivity (Wildman–Crippen MR) is 276 cm³/mol. The fraction of sp³-hybridized carbons (Fsp3) is 0. The van der Waals surface area contributed by atoms with E-state index in [1.54, 1.807) is 0 Å². The number of hydrogen-bond acceptors (Lipinski definition) is 6. The van der Waals surface area contributed by atoms with Crippen molar-refractivity contribution in [2.24, 2.45) is 0 Å². The molecule has 0 saturated heterocycles. The molecule has 8 heteroatoms. The van der Waals surface area contributed by atoms with Gasteiger partial charge in [0.15, 0.2) is 27.2 Å². The molecule has 8 aromatic rings. The molecule has 10 rings (SSSR count). The molecule has 2 N–H and O–H groups in total. The van der Waals surface area contributed by atoms with Crippen molar-refractivity contribution in [3.8, 4) is 0 Å². The zero-order valence-electron chi connectivity index (χ0n) is 37.6. The van der Waals surface area contributed by atoms with Gasteiger partial charge in [-0.1, -0.05) is 243 Å². The average Bonchev–Trinajstić information content (AvgIpc) is 3.93. The van der Waals surface area contributed by atoms with E-state index in [1.807, 2.05) is 146 Å². The smallest absolute Gasteiger partial charge is 0.182 e. The van der Waals surface area contributed by atoms with Gasteiger partial charge in [-0.05, 0) is 66.8 Å². The summed E-state index contributed by atoms with van der Waals surface area (Å²) < 4.78 is 0. The summed E-state index contributed by atoms with van der Waals surface area (Å²) in [5.74, 6) is 2.40. The molecule has 0 aliphatic heterocycles. The van der Waals surface area contributed by atoms with E-state index in [-0.39, 0.29) is 39.0 Å². The van der Waals surface area contributed by atoms with Gasteiger partial charge in [0.2, 0.25) is 0 Å². The molecule has 6 nitrogen and oxygen atoms in total. The van der Waals surface area contributed by atoms with Gasteiger partial charge in [0.1, 0.15) is 23.4 Å². The van der Waals surface area contributed by atoms with Crippen LogP contribution in [0.2, 0.25) is 0 Å². The maximum atomic E-state index is 11.6. The van der Waals surface area contributed by atoms with Crippen LogP contribution in [0.3, 0.4) is 0 Å². The maximum Gasteiger partial charge on any atom is 0.182 e. The summed E-state index contributed by atoms with van der Waals surface area (Å²) in [6.07, 6.45) is 0. The molecule has 6 radical (unpaired) electrons.